The predicted molar refractivity (Wildman–Crippen MR) is 109 cm³/mol. The van der Waals surface area contributed by atoms with Gasteiger partial charge in [0.25, 0.3) is 5.91 Å². The van der Waals surface area contributed by atoms with Gasteiger partial charge in [0.15, 0.2) is 0 Å². The van der Waals surface area contributed by atoms with Crippen LogP contribution >= 0.6 is 11.3 Å². The van der Waals surface area contributed by atoms with Crippen LogP contribution in [0.25, 0.3) is 16.3 Å². The van der Waals surface area contributed by atoms with E-state index in [1.807, 2.05) is 23.7 Å². The first-order chi connectivity index (χ1) is 13.0. The molecule has 3 aliphatic carbocycles. The number of carbonyl (C=O) groups excluding carboxylic acids is 1. The van der Waals surface area contributed by atoms with Gasteiger partial charge in [-0.1, -0.05) is 19.9 Å². The zero-order valence-corrected chi connectivity index (χ0v) is 16.5. The van der Waals surface area contributed by atoms with Gasteiger partial charge in [0.1, 0.15) is 5.70 Å². The molecule has 1 saturated heterocycles. The molecule has 27 heavy (non-hydrogen) atoms. The Bertz CT molecular complexity index is 971. The summed E-state index contributed by atoms with van der Waals surface area (Å²) in [6.45, 7) is 5.60. The number of amides is 1. The fourth-order valence-corrected chi connectivity index (χ4v) is 5.81. The van der Waals surface area contributed by atoms with Gasteiger partial charge in [-0.2, -0.15) is 0 Å². The summed E-state index contributed by atoms with van der Waals surface area (Å²) in [5.74, 6) is 2.79. The minimum Gasteiger partial charge on any atom is -0.321 e. The normalized spacial score (nSPS) is 31.8. The van der Waals surface area contributed by atoms with Crippen molar-refractivity contribution in [2.75, 3.05) is 6.54 Å². The number of guanidine groups is 1. The number of nitrogens with zero attached hydrogens (tertiary/aromatic N) is 2. The van der Waals surface area contributed by atoms with Crippen molar-refractivity contribution in [1.29, 1.82) is 0 Å². The Balaban J connectivity index is 1.29. The number of fused-ring (bicyclic) bond motifs is 3. The Labute approximate surface area is 163 Å². The summed E-state index contributed by atoms with van der Waals surface area (Å²) < 4.78 is 1.12. The molecule has 1 aromatic carbocycles. The summed E-state index contributed by atoms with van der Waals surface area (Å²) in [6, 6.07) is 6.02. The van der Waals surface area contributed by atoms with E-state index in [1.165, 1.54) is 19.3 Å². The third kappa shape index (κ3) is 2.87. The van der Waals surface area contributed by atoms with Crippen LogP contribution in [0.5, 0.6) is 0 Å². The van der Waals surface area contributed by atoms with Crippen molar-refractivity contribution in [1.82, 2.24) is 15.6 Å². The molecule has 2 aromatic rings. The van der Waals surface area contributed by atoms with Crippen LogP contribution in [0.2, 0.25) is 0 Å². The van der Waals surface area contributed by atoms with Crippen molar-refractivity contribution in [2.24, 2.45) is 28.2 Å². The topological polar surface area (TPSA) is 66.4 Å². The standard InChI is InChI=1S/C21H24N4OS/c1-21(2)14-5-4-13(15(21)9-14)10-22-20-24-17(19(26)25-20)7-12-3-6-16-18(8-12)27-11-23-16/h3,6-8,11,13-15H,4-5,9-10H2,1-2H3,(H2,22,24,25,26)/b17-7-/t13-,14+,15+/m0/s1. The molecule has 0 unspecified atom stereocenters. The van der Waals surface area contributed by atoms with E-state index in [2.05, 4.69) is 35.5 Å². The number of nitrogens with one attached hydrogen (secondary N) is 2. The number of thiazole rings is 1. The van der Waals surface area contributed by atoms with E-state index < -0.39 is 0 Å². The number of benzene rings is 1. The van der Waals surface area contributed by atoms with E-state index >= 15 is 0 Å². The first-order valence-corrected chi connectivity index (χ1v) is 10.6. The zero-order chi connectivity index (χ0) is 18.6. The lowest BCUT2D eigenvalue weighted by molar-refractivity contribution is -0.115. The van der Waals surface area contributed by atoms with Crippen LogP contribution in [0.4, 0.5) is 0 Å². The van der Waals surface area contributed by atoms with Gasteiger partial charge in [0, 0.05) is 6.54 Å². The van der Waals surface area contributed by atoms with Crippen molar-refractivity contribution >= 4 is 39.5 Å². The van der Waals surface area contributed by atoms with Crippen molar-refractivity contribution in [3.05, 3.63) is 35.0 Å². The van der Waals surface area contributed by atoms with Gasteiger partial charge in [0.05, 0.1) is 15.7 Å². The van der Waals surface area contributed by atoms with Crippen molar-refractivity contribution in [3.8, 4) is 0 Å². The zero-order valence-electron chi connectivity index (χ0n) is 15.7. The van der Waals surface area contributed by atoms with E-state index in [1.54, 1.807) is 11.3 Å². The van der Waals surface area contributed by atoms with Crippen molar-refractivity contribution < 1.29 is 4.79 Å². The quantitative estimate of drug-likeness (QED) is 0.796. The molecule has 5 nitrogen and oxygen atoms in total. The average Bonchev–Trinajstić information content (AvgIpc) is 3.26. The summed E-state index contributed by atoms with van der Waals surface area (Å²) in [4.78, 5) is 21.3. The molecule has 3 atom stereocenters. The smallest absolute Gasteiger partial charge is 0.274 e. The number of carbonyl (C=O) groups is 1. The number of aromatic nitrogens is 1. The molecule has 1 aromatic heterocycles. The van der Waals surface area contributed by atoms with Gasteiger partial charge < -0.3 is 5.32 Å². The second kappa shape index (κ2) is 6.16. The molecule has 0 radical (unpaired) electrons. The van der Waals surface area contributed by atoms with Crippen LogP contribution in [-0.4, -0.2) is 23.4 Å². The molecular formula is C21H24N4OS. The Kier molecular flexibility index (Phi) is 3.86. The third-order valence-corrected chi connectivity index (χ3v) is 7.67. The van der Waals surface area contributed by atoms with Gasteiger partial charge in [-0.15, -0.1) is 11.3 Å². The van der Waals surface area contributed by atoms with Crippen LogP contribution in [0.15, 0.2) is 34.4 Å². The van der Waals surface area contributed by atoms with E-state index in [0.717, 1.165) is 34.2 Å². The van der Waals surface area contributed by atoms with E-state index in [-0.39, 0.29) is 5.91 Å². The van der Waals surface area contributed by atoms with Gasteiger partial charge in [-0.25, -0.2) is 4.98 Å². The lowest BCUT2D eigenvalue weighted by Crippen LogP contribution is -2.53. The van der Waals surface area contributed by atoms with Gasteiger partial charge >= 0.3 is 0 Å². The monoisotopic (exact) mass is 380 g/mol. The first-order valence-electron chi connectivity index (χ1n) is 9.68. The van der Waals surface area contributed by atoms with Gasteiger partial charge in [-0.3, -0.25) is 15.1 Å². The highest BCUT2D eigenvalue weighted by Gasteiger charge is 2.53. The molecule has 140 valence electrons. The average molecular weight is 381 g/mol. The van der Waals surface area contributed by atoms with E-state index in [9.17, 15) is 4.79 Å². The molecule has 2 bridgehead atoms. The lowest BCUT2D eigenvalue weighted by atomic mass is 9.45. The molecule has 2 N–H and O–H groups in total. The maximum Gasteiger partial charge on any atom is 0.274 e. The number of aliphatic imine (C=N–C) groups is 1. The van der Waals surface area contributed by atoms with Crippen molar-refractivity contribution in [3.63, 3.8) is 0 Å². The minimum absolute atomic E-state index is 0.120. The maximum atomic E-state index is 12.3. The van der Waals surface area contributed by atoms with Crippen LogP contribution in [-0.2, 0) is 4.79 Å². The molecular weight excluding hydrogens is 356 g/mol. The van der Waals surface area contributed by atoms with Crippen molar-refractivity contribution in [2.45, 2.75) is 33.1 Å². The number of rotatable bonds is 3. The van der Waals surface area contributed by atoms with E-state index in [4.69, 9.17) is 4.99 Å². The van der Waals surface area contributed by atoms with Crippen LogP contribution in [0.3, 0.4) is 0 Å². The molecule has 0 spiro atoms. The molecule has 6 heteroatoms. The second-order valence-corrected chi connectivity index (χ2v) is 9.49. The van der Waals surface area contributed by atoms with E-state index in [0.29, 0.717) is 23.0 Å². The summed E-state index contributed by atoms with van der Waals surface area (Å²) >= 11 is 1.60. The highest BCUT2D eigenvalue weighted by atomic mass is 32.1. The predicted octanol–water partition coefficient (Wildman–Crippen LogP) is 3.78. The minimum atomic E-state index is -0.120. The summed E-state index contributed by atoms with van der Waals surface area (Å²) in [7, 11) is 0. The molecule has 3 saturated carbocycles. The molecule has 4 fully saturated rings. The Morgan fingerprint density at radius 2 is 2.22 bits per heavy atom. The van der Waals surface area contributed by atoms with Gasteiger partial charge in [-0.05, 0) is 66.2 Å². The first kappa shape index (κ1) is 16.9. The van der Waals surface area contributed by atoms with Gasteiger partial charge in [0.2, 0.25) is 5.96 Å². The van der Waals surface area contributed by atoms with Crippen LogP contribution in [0.1, 0.15) is 38.7 Å². The SMILES string of the molecule is CC1(C)[C@@H]2CC[C@@H](CN=C3NC(=O)/C(=C/c4ccc5ncsc5c4)N3)[C@H]1C2. The fraction of sp³-hybridized carbons (Fsp3) is 0.476. The molecule has 4 aliphatic rings. The number of hydrogen-bond donors (Lipinski definition) is 2. The summed E-state index contributed by atoms with van der Waals surface area (Å²) in [5, 5.41) is 6.02. The lowest BCUT2D eigenvalue weighted by Gasteiger charge is -2.60. The maximum absolute atomic E-state index is 12.3. The summed E-state index contributed by atoms with van der Waals surface area (Å²) in [5.41, 5.74) is 4.83. The fourth-order valence-electron chi connectivity index (χ4n) is 5.09. The Hall–Kier alpha value is -2.21. The largest absolute Gasteiger partial charge is 0.321 e. The second-order valence-electron chi connectivity index (χ2n) is 8.60. The van der Waals surface area contributed by atoms with Crippen LogP contribution in [0, 0.1) is 23.2 Å². The molecule has 6 rings (SSSR count). The van der Waals surface area contributed by atoms with Crippen LogP contribution < -0.4 is 10.6 Å². The highest BCUT2D eigenvalue weighted by Crippen LogP contribution is 2.61. The molecule has 1 aliphatic heterocycles. The third-order valence-electron chi connectivity index (χ3n) is 6.88. The Morgan fingerprint density at radius 3 is 3.04 bits per heavy atom. The molecule has 2 heterocycles. The Morgan fingerprint density at radius 1 is 1.33 bits per heavy atom. The molecule has 1 amide bonds. The number of hydrogen-bond acceptors (Lipinski definition) is 4. The summed E-state index contributed by atoms with van der Waals surface area (Å²) in [6.07, 6.45) is 5.82. The highest BCUT2D eigenvalue weighted by molar-refractivity contribution is 7.16.